The lowest BCUT2D eigenvalue weighted by atomic mass is 10.2. The number of carbonyl (C=O) groups excluding carboxylic acids is 1. The normalized spacial score (nSPS) is 14.1. The van der Waals surface area contributed by atoms with Crippen LogP contribution in [-0.4, -0.2) is 38.0 Å². The first kappa shape index (κ1) is 15.7. The van der Waals surface area contributed by atoms with Gasteiger partial charge in [-0.25, -0.2) is 9.86 Å². The monoisotopic (exact) mass is 314 g/mol. The molecule has 1 aromatic carbocycles. The second-order valence-corrected chi connectivity index (χ2v) is 4.90. The summed E-state index contributed by atoms with van der Waals surface area (Å²) in [6.45, 7) is 3.90. The summed E-state index contributed by atoms with van der Waals surface area (Å²) in [6.07, 6.45) is 0.857. The van der Waals surface area contributed by atoms with Crippen LogP contribution in [0.3, 0.4) is 0 Å². The molecule has 2 amide bonds. The Hall–Kier alpha value is -1.66. The van der Waals surface area contributed by atoms with Crippen molar-refractivity contribution in [2.75, 3.05) is 26.9 Å². The average molecular weight is 315 g/mol. The molecule has 7 heteroatoms. The molecule has 6 nitrogen and oxygen atoms in total. The number of halogens is 1. The van der Waals surface area contributed by atoms with Gasteiger partial charge in [0, 0.05) is 6.54 Å². The minimum absolute atomic E-state index is 0.253. The van der Waals surface area contributed by atoms with Crippen LogP contribution in [0.2, 0.25) is 5.02 Å². The zero-order chi connectivity index (χ0) is 15.2. The van der Waals surface area contributed by atoms with E-state index in [1.54, 1.807) is 19.2 Å². The van der Waals surface area contributed by atoms with E-state index in [1.165, 1.54) is 5.06 Å². The second kappa shape index (κ2) is 7.38. The molecule has 1 N–H and O–H groups in total. The van der Waals surface area contributed by atoms with Gasteiger partial charge >= 0.3 is 6.03 Å². The van der Waals surface area contributed by atoms with E-state index in [1.807, 2.05) is 6.92 Å². The molecule has 1 aliphatic heterocycles. The van der Waals surface area contributed by atoms with Crippen molar-refractivity contribution in [3.05, 3.63) is 22.7 Å². The number of urea groups is 1. The van der Waals surface area contributed by atoms with Crippen LogP contribution < -0.4 is 14.8 Å². The maximum Gasteiger partial charge on any atom is 0.341 e. The van der Waals surface area contributed by atoms with Gasteiger partial charge in [-0.05, 0) is 31.0 Å². The van der Waals surface area contributed by atoms with Crippen LogP contribution in [0.15, 0.2) is 12.1 Å². The molecule has 0 aliphatic carbocycles. The van der Waals surface area contributed by atoms with E-state index in [-0.39, 0.29) is 6.03 Å². The fourth-order valence-corrected chi connectivity index (χ4v) is 2.32. The van der Waals surface area contributed by atoms with Crippen LogP contribution in [0.5, 0.6) is 11.5 Å². The highest BCUT2D eigenvalue weighted by atomic mass is 35.5. The van der Waals surface area contributed by atoms with E-state index < -0.39 is 0 Å². The second-order valence-electron chi connectivity index (χ2n) is 4.49. The molecule has 0 saturated carbocycles. The van der Waals surface area contributed by atoms with Crippen LogP contribution >= 0.6 is 11.6 Å². The van der Waals surface area contributed by atoms with Crippen LogP contribution in [-0.2, 0) is 11.4 Å². The Morgan fingerprint density at radius 3 is 2.95 bits per heavy atom. The Morgan fingerprint density at radius 2 is 2.33 bits per heavy atom. The lowest BCUT2D eigenvalue weighted by Gasteiger charge is -2.16. The van der Waals surface area contributed by atoms with Crippen molar-refractivity contribution in [2.24, 2.45) is 0 Å². The molecule has 0 spiro atoms. The summed E-state index contributed by atoms with van der Waals surface area (Å²) in [5.74, 6) is 1.06. The number of ether oxygens (including phenoxy) is 2. The maximum absolute atomic E-state index is 11.8. The zero-order valence-corrected chi connectivity index (χ0v) is 12.9. The van der Waals surface area contributed by atoms with Crippen molar-refractivity contribution in [3.8, 4) is 11.5 Å². The number of hydrogen-bond donors (Lipinski definition) is 1. The molecule has 0 bridgehead atoms. The number of methoxy groups -OCH3 is 1. The predicted octanol–water partition coefficient (Wildman–Crippen LogP) is 2.59. The van der Waals surface area contributed by atoms with E-state index in [0.29, 0.717) is 42.8 Å². The Bertz CT molecular complexity index is 504. The minimum atomic E-state index is -0.253. The van der Waals surface area contributed by atoms with E-state index in [4.69, 9.17) is 25.9 Å². The molecule has 0 aromatic heterocycles. The first-order valence-electron chi connectivity index (χ1n) is 6.83. The fraction of sp³-hybridized carbons (Fsp3) is 0.500. The van der Waals surface area contributed by atoms with Crippen molar-refractivity contribution in [1.82, 2.24) is 10.4 Å². The molecule has 116 valence electrons. The van der Waals surface area contributed by atoms with E-state index in [2.05, 4.69) is 5.32 Å². The third kappa shape index (κ3) is 3.92. The average Bonchev–Trinajstić information content (AvgIpc) is 3.01. The third-order valence-corrected chi connectivity index (χ3v) is 3.28. The highest BCUT2D eigenvalue weighted by molar-refractivity contribution is 6.32. The third-order valence-electron chi connectivity index (χ3n) is 3.00. The van der Waals surface area contributed by atoms with Crippen LogP contribution in [0, 0.1) is 0 Å². The molecule has 1 fully saturated rings. The first-order chi connectivity index (χ1) is 10.2. The predicted molar refractivity (Wildman–Crippen MR) is 78.7 cm³/mol. The van der Waals surface area contributed by atoms with Gasteiger partial charge in [0.05, 0.1) is 31.9 Å². The number of nitrogens with one attached hydrogen (secondary N) is 1. The smallest absolute Gasteiger partial charge is 0.341 e. The number of benzene rings is 1. The van der Waals surface area contributed by atoms with E-state index >= 15 is 0 Å². The van der Waals surface area contributed by atoms with Gasteiger partial charge < -0.3 is 14.8 Å². The van der Waals surface area contributed by atoms with Crippen molar-refractivity contribution in [3.63, 3.8) is 0 Å². The molecule has 0 radical (unpaired) electrons. The number of rotatable bonds is 5. The summed E-state index contributed by atoms with van der Waals surface area (Å²) in [5.41, 5.74) is 0.827. The molecule has 1 saturated heterocycles. The molecule has 0 unspecified atom stereocenters. The molecular weight excluding hydrogens is 296 g/mol. The number of nitrogens with zero attached hydrogens (tertiary/aromatic N) is 1. The van der Waals surface area contributed by atoms with Crippen LogP contribution in [0.4, 0.5) is 4.79 Å². The zero-order valence-electron chi connectivity index (χ0n) is 12.1. The minimum Gasteiger partial charge on any atom is -0.493 e. The Balaban J connectivity index is 2.02. The van der Waals surface area contributed by atoms with Crippen molar-refractivity contribution >= 4 is 17.6 Å². The number of amides is 2. The lowest BCUT2D eigenvalue weighted by Crippen LogP contribution is -2.36. The Labute approximate surface area is 128 Å². The van der Waals surface area contributed by atoms with Gasteiger partial charge in [0.15, 0.2) is 11.5 Å². The fourth-order valence-electron chi connectivity index (χ4n) is 2.03. The standard InChI is InChI=1S/C14H19ClN2O4/c1-3-20-13-11(15)7-10(8-12(13)19-2)9-16-14(18)17-5-4-6-21-17/h7-8H,3-6,9H2,1-2H3,(H,16,18). The topological polar surface area (TPSA) is 60.0 Å². The number of carbonyl (C=O) groups is 1. The number of hydrogen-bond acceptors (Lipinski definition) is 4. The van der Waals surface area contributed by atoms with Crippen LogP contribution in [0.25, 0.3) is 0 Å². The highest BCUT2D eigenvalue weighted by Crippen LogP contribution is 2.36. The summed E-state index contributed by atoms with van der Waals surface area (Å²) in [5, 5.41) is 4.56. The highest BCUT2D eigenvalue weighted by Gasteiger charge is 2.19. The molecular formula is C14H19ClN2O4. The van der Waals surface area contributed by atoms with E-state index in [9.17, 15) is 4.79 Å². The molecule has 1 heterocycles. The molecule has 2 rings (SSSR count). The Kier molecular flexibility index (Phi) is 5.52. The quantitative estimate of drug-likeness (QED) is 0.907. The summed E-state index contributed by atoms with van der Waals surface area (Å²) in [7, 11) is 1.55. The largest absolute Gasteiger partial charge is 0.493 e. The molecule has 1 aliphatic rings. The van der Waals surface area contributed by atoms with Gasteiger partial charge in [0.25, 0.3) is 0 Å². The van der Waals surface area contributed by atoms with Gasteiger partial charge in [-0.15, -0.1) is 0 Å². The van der Waals surface area contributed by atoms with Crippen molar-refractivity contribution in [1.29, 1.82) is 0 Å². The summed E-state index contributed by atoms with van der Waals surface area (Å²) < 4.78 is 10.7. The molecule has 1 aromatic rings. The number of hydroxylamine groups is 2. The first-order valence-corrected chi connectivity index (χ1v) is 7.21. The Morgan fingerprint density at radius 1 is 1.52 bits per heavy atom. The van der Waals surface area contributed by atoms with Gasteiger partial charge in [0.1, 0.15) is 0 Å². The van der Waals surface area contributed by atoms with Crippen molar-refractivity contribution < 1.29 is 19.1 Å². The summed E-state index contributed by atoms with van der Waals surface area (Å²) in [6, 6.07) is 3.29. The van der Waals surface area contributed by atoms with Gasteiger partial charge in [-0.2, -0.15) is 0 Å². The van der Waals surface area contributed by atoms with Gasteiger partial charge in [-0.1, -0.05) is 11.6 Å². The molecule has 21 heavy (non-hydrogen) atoms. The van der Waals surface area contributed by atoms with Gasteiger partial charge in [0.2, 0.25) is 0 Å². The summed E-state index contributed by atoms with van der Waals surface area (Å²) in [4.78, 5) is 17.0. The molecule has 0 atom stereocenters. The van der Waals surface area contributed by atoms with Gasteiger partial charge in [-0.3, -0.25) is 4.84 Å². The maximum atomic E-state index is 11.8. The van der Waals surface area contributed by atoms with E-state index in [0.717, 1.165) is 12.0 Å². The summed E-state index contributed by atoms with van der Waals surface area (Å²) >= 11 is 6.18. The SMILES string of the molecule is CCOc1c(Cl)cc(CNC(=O)N2CCCO2)cc1OC. The van der Waals surface area contributed by atoms with Crippen LogP contribution in [0.1, 0.15) is 18.9 Å². The van der Waals surface area contributed by atoms with Crippen molar-refractivity contribution in [2.45, 2.75) is 19.9 Å². The lowest BCUT2D eigenvalue weighted by molar-refractivity contribution is -0.0663.